The molecule has 2 rings (SSSR count). The molecule has 1 saturated heterocycles. The van der Waals surface area contributed by atoms with E-state index < -0.39 is 47.3 Å². The van der Waals surface area contributed by atoms with Gasteiger partial charge in [-0.05, 0) is 27.7 Å². The van der Waals surface area contributed by atoms with Crippen molar-refractivity contribution in [3.05, 3.63) is 23.4 Å². The fraction of sp³-hybridized carbons (Fsp3) is 0.545. The van der Waals surface area contributed by atoms with Gasteiger partial charge in [-0.25, -0.2) is 13.8 Å². The van der Waals surface area contributed by atoms with Gasteiger partial charge in [-0.3, -0.25) is 0 Å². The summed E-state index contributed by atoms with van der Waals surface area (Å²) in [5, 5.41) is 0. The molecule has 0 aromatic carbocycles. The molecule has 19 heavy (non-hydrogen) atoms. The van der Waals surface area contributed by atoms with E-state index in [1.54, 1.807) is 27.7 Å². The number of nitrogens with zero attached hydrogens (tertiary/aromatic N) is 1. The number of hydrogen-bond donors (Lipinski definition) is 0. The summed E-state index contributed by atoms with van der Waals surface area (Å²) in [6.45, 7) is 6.73. The minimum Gasteiger partial charge on any atom is -0.398 e. The van der Waals surface area contributed by atoms with Crippen molar-refractivity contribution in [2.45, 2.75) is 38.9 Å². The molecule has 1 fully saturated rings. The van der Waals surface area contributed by atoms with Gasteiger partial charge in [-0.2, -0.15) is 8.78 Å². The van der Waals surface area contributed by atoms with Crippen molar-refractivity contribution in [3.8, 4) is 0 Å². The molecule has 0 saturated carbocycles. The van der Waals surface area contributed by atoms with Gasteiger partial charge in [0.2, 0.25) is 5.82 Å². The van der Waals surface area contributed by atoms with Crippen LogP contribution in [0.3, 0.4) is 0 Å². The van der Waals surface area contributed by atoms with Crippen molar-refractivity contribution < 1.29 is 26.9 Å². The Morgan fingerprint density at radius 1 is 0.842 bits per heavy atom. The van der Waals surface area contributed by atoms with E-state index in [2.05, 4.69) is 4.98 Å². The Labute approximate surface area is 108 Å². The number of pyridine rings is 1. The fourth-order valence-electron chi connectivity index (χ4n) is 1.61. The van der Waals surface area contributed by atoms with Crippen LogP contribution >= 0.6 is 0 Å². The number of hydrogen-bond acceptors (Lipinski definition) is 3. The standard InChI is InChI=1S/C11H12BF4NO2/c1-10(2)11(3,4)19-12(18-10)8-6(14)5(13)7(15)9(16)17-8/h1-4H3. The zero-order valence-corrected chi connectivity index (χ0v) is 10.9. The topological polar surface area (TPSA) is 31.4 Å². The van der Waals surface area contributed by atoms with Crippen LogP contribution in [0, 0.1) is 23.4 Å². The largest absolute Gasteiger partial charge is 0.517 e. The molecule has 1 aromatic heterocycles. The smallest absolute Gasteiger partial charge is 0.398 e. The second-order valence-electron chi connectivity index (χ2n) is 5.32. The lowest BCUT2D eigenvalue weighted by atomic mass is 9.83. The lowest BCUT2D eigenvalue weighted by Crippen LogP contribution is -2.41. The summed E-state index contributed by atoms with van der Waals surface area (Å²) in [6.07, 6.45) is 0. The van der Waals surface area contributed by atoms with Crippen molar-refractivity contribution >= 4 is 12.7 Å². The Morgan fingerprint density at radius 2 is 1.32 bits per heavy atom. The molecule has 0 bridgehead atoms. The molecular weight excluding hydrogens is 265 g/mol. The maximum absolute atomic E-state index is 13.6. The van der Waals surface area contributed by atoms with Crippen molar-refractivity contribution in [1.82, 2.24) is 4.98 Å². The fourth-order valence-corrected chi connectivity index (χ4v) is 1.61. The average Bonchev–Trinajstić information content (AvgIpc) is 2.50. The van der Waals surface area contributed by atoms with Gasteiger partial charge in [-0.15, -0.1) is 0 Å². The first-order valence-corrected chi connectivity index (χ1v) is 5.62. The summed E-state index contributed by atoms with van der Waals surface area (Å²) in [5.74, 6) is -7.24. The van der Waals surface area contributed by atoms with Crippen molar-refractivity contribution in [1.29, 1.82) is 0 Å². The highest BCUT2D eigenvalue weighted by molar-refractivity contribution is 6.61. The highest BCUT2D eigenvalue weighted by Gasteiger charge is 2.53. The van der Waals surface area contributed by atoms with E-state index in [9.17, 15) is 17.6 Å². The minimum absolute atomic E-state index is 0.741. The highest BCUT2D eigenvalue weighted by atomic mass is 19.2. The van der Waals surface area contributed by atoms with Gasteiger partial charge in [-0.1, -0.05) is 0 Å². The Hall–Kier alpha value is -1.15. The van der Waals surface area contributed by atoms with Gasteiger partial charge in [0.05, 0.1) is 11.2 Å². The van der Waals surface area contributed by atoms with Gasteiger partial charge in [0.25, 0.3) is 5.95 Å². The highest BCUT2D eigenvalue weighted by Crippen LogP contribution is 2.36. The summed E-state index contributed by atoms with van der Waals surface area (Å²) in [4.78, 5) is 3.04. The third-order valence-electron chi connectivity index (χ3n) is 3.49. The molecule has 0 spiro atoms. The van der Waals surface area contributed by atoms with Crippen LogP contribution in [-0.2, 0) is 9.31 Å². The van der Waals surface area contributed by atoms with Crippen molar-refractivity contribution in [3.63, 3.8) is 0 Å². The van der Waals surface area contributed by atoms with E-state index in [4.69, 9.17) is 9.31 Å². The molecule has 3 nitrogen and oxygen atoms in total. The third kappa shape index (κ3) is 2.12. The van der Waals surface area contributed by atoms with Crippen LogP contribution in [-0.4, -0.2) is 23.3 Å². The first-order valence-electron chi connectivity index (χ1n) is 5.62. The number of halogens is 4. The van der Waals surface area contributed by atoms with Gasteiger partial charge >= 0.3 is 7.12 Å². The molecule has 0 unspecified atom stereocenters. The molecule has 104 valence electrons. The molecule has 0 atom stereocenters. The molecule has 0 aliphatic carbocycles. The molecule has 2 heterocycles. The zero-order valence-electron chi connectivity index (χ0n) is 10.9. The van der Waals surface area contributed by atoms with E-state index in [-0.39, 0.29) is 0 Å². The molecule has 0 radical (unpaired) electrons. The summed E-state index contributed by atoms with van der Waals surface area (Å²) in [5.41, 5.74) is -2.39. The summed E-state index contributed by atoms with van der Waals surface area (Å²) in [7, 11) is -1.39. The summed E-state index contributed by atoms with van der Waals surface area (Å²) >= 11 is 0. The monoisotopic (exact) mass is 277 g/mol. The van der Waals surface area contributed by atoms with E-state index in [1.165, 1.54) is 0 Å². The molecule has 1 aliphatic heterocycles. The average molecular weight is 277 g/mol. The van der Waals surface area contributed by atoms with E-state index in [1.807, 2.05) is 0 Å². The molecule has 1 aliphatic rings. The molecule has 0 amide bonds. The maximum Gasteiger partial charge on any atom is 0.517 e. The van der Waals surface area contributed by atoms with Crippen molar-refractivity contribution in [2.75, 3.05) is 0 Å². The number of rotatable bonds is 1. The molecular formula is C11H12BF4NO2. The van der Waals surface area contributed by atoms with Crippen LogP contribution in [0.4, 0.5) is 17.6 Å². The van der Waals surface area contributed by atoms with Crippen LogP contribution in [0.2, 0.25) is 0 Å². The van der Waals surface area contributed by atoms with Crippen LogP contribution in [0.25, 0.3) is 0 Å². The van der Waals surface area contributed by atoms with Crippen molar-refractivity contribution in [2.24, 2.45) is 0 Å². The predicted molar refractivity (Wildman–Crippen MR) is 59.8 cm³/mol. The second-order valence-corrected chi connectivity index (χ2v) is 5.32. The zero-order chi connectivity index (χ0) is 14.6. The van der Waals surface area contributed by atoms with Gasteiger partial charge < -0.3 is 9.31 Å². The Bertz CT molecular complexity index is 520. The molecule has 8 heteroatoms. The Morgan fingerprint density at radius 3 is 1.79 bits per heavy atom. The Balaban J connectivity index is 2.46. The van der Waals surface area contributed by atoms with Crippen LogP contribution in [0.1, 0.15) is 27.7 Å². The van der Waals surface area contributed by atoms with E-state index in [0.717, 1.165) is 0 Å². The Kier molecular flexibility index (Phi) is 3.14. The quantitative estimate of drug-likeness (QED) is 0.446. The van der Waals surface area contributed by atoms with E-state index in [0.29, 0.717) is 0 Å². The molecule has 1 aromatic rings. The SMILES string of the molecule is CC1(C)OB(c2nc(F)c(F)c(F)c2F)OC1(C)C. The first-order chi connectivity index (χ1) is 8.57. The second kappa shape index (κ2) is 4.18. The minimum atomic E-state index is -1.96. The maximum atomic E-state index is 13.6. The summed E-state index contributed by atoms with van der Waals surface area (Å²) in [6, 6.07) is 0. The lowest BCUT2D eigenvalue weighted by molar-refractivity contribution is 0.00578. The summed E-state index contributed by atoms with van der Waals surface area (Å²) < 4.78 is 63.4. The first kappa shape index (κ1) is 14.3. The normalized spacial score (nSPS) is 20.9. The van der Waals surface area contributed by atoms with Crippen LogP contribution in [0.15, 0.2) is 0 Å². The number of aromatic nitrogens is 1. The molecule has 0 N–H and O–H groups in total. The van der Waals surface area contributed by atoms with Gasteiger partial charge in [0.15, 0.2) is 11.6 Å². The predicted octanol–water partition coefficient (Wildman–Crippen LogP) is 1.94. The van der Waals surface area contributed by atoms with Gasteiger partial charge in [0, 0.05) is 0 Å². The lowest BCUT2D eigenvalue weighted by Gasteiger charge is -2.32. The van der Waals surface area contributed by atoms with Gasteiger partial charge in [0.1, 0.15) is 5.59 Å². The third-order valence-corrected chi connectivity index (χ3v) is 3.49. The van der Waals surface area contributed by atoms with Crippen LogP contribution < -0.4 is 5.59 Å². The van der Waals surface area contributed by atoms with Crippen LogP contribution in [0.5, 0.6) is 0 Å². The van der Waals surface area contributed by atoms with E-state index >= 15 is 0 Å².